The molecule has 0 radical (unpaired) electrons. The Hall–Kier alpha value is 0.228. The second-order valence-corrected chi connectivity index (χ2v) is 5.37. The largest absolute Gasteiger partial charge is 2.00 e. The van der Waals surface area contributed by atoms with Crippen LogP contribution in [0.15, 0.2) is 0 Å². The Morgan fingerprint density at radius 3 is 1.76 bits per heavy atom. The van der Waals surface area contributed by atoms with E-state index in [2.05, 4.69) is 0 Å². The molecular weight excluding hydrogens is 430 g/mol. The van der Waals surface area contributed by atoms with E-state index in [1.165, 1.54) is 12.8 Å². The van der Waals surface area contributed by atoms with Crippen molar-refractivity contribution in [2.24, 2.45) is 11.5 Å². The van der Waals surface area contributed by atoms with Gasteiger partial charge < -0.3 is 35.7 Å². The Morgan fingerprint density at radius 2 is 1.65 bits per heavy atom. The van der Waals surface area contributed by atoms with E-state index in [0.29, 0.717) is 0 Å². The van der Waals surface area contributed by atoms with Crippen molar-refractivity contribution < 1.29 is 45.3 Å². The third kappa shape index (κ3) is 12.5. The van der Waals surface area contributed by atoms with E-state index in [-0.39, 0.29) is 33.1 Å². The summed E-state index contributed by atoms with van der Waals surface area (Å²) in [6, 6.07) is 0.562. The number of carboxylic acids is 1. The van der Waals surface area contributed by atoms with Crippen molar-refractivity contribution in [1.82, 2.24) is 0 Å². The van der Waals surface area contributed by atoms with E-state index in [9.17, 15) is 19.4 Å². The number of hydrogen-bond donors (Lipinski definition) is 3. The number of nitrogens with two attached hydrogens (primary N) is 2. The zero-order chi connectivity index (χ0) is 12.8. The minimum atomic E-state index is -4.63. The molecule has 7 nitrogen and oxygen atoms in total. The molecular formula is C8H17N2O5PPt. The molecule has 1 fully saturated rings. The van der Waals surface area contributed by atoms with Crippen molar-refractivity contribution in [3.05, 3.63) is 0 Å². The monoisotopic (exact) mass is 447 g/mol. The molecule has 17 heavy (non-hydrogen) atoms. The molecule has 1 saturated carbocycles. The molecule has 1 aliphatic carbocycles. The Bertz CT molecular complexity index is 263. The quantitative estimate of drug-likeness (QED) is 0.396. The van der Waals surface area contributed by atoms with Gasteiger partial charge in [0.25, 0.3) is 0 Å². The van der Waals surface area contributed by atoms with Crippen LogP contribution < -0.4 is 21.5 Å². The van der Waals surface area contributed by atoms with Crippen LogP contribution in [0.5, 0.6) is 0 Å². The zero-order valence-electron chi connectivity index (χ0n) is 9.19. The molecule has 1 rings (SSSR count). The summed E-state index contributed by atoms with van der Waals surface area (Å²) in [5.74, 6) is -1.80. The van der Waals surface area contributed by atoms with Gasteiger partial charge in [0, 0.05) is 18.1 Å². The van der Waals surface area contributed by atoms with Crippen LogP contribution in [0.2, 0.25) is 0 Å². The van der Waals surface area contributed by atoms with Gasteiger partial charge in [-0.1, -0.05) is 12.8 Å². The minimum Gasteiger partial charge on any atom is -0.778 e. The van der Waals surface area contributed by atoms with Gasteiger partial charge in [-0.3, -0.25) is 0 Å². The van der Waals surface area contributed by atoms with E-state index < -0.39 is 19.7 Å². The number of carbonyl (C=O) groups is 1. The van der Waals surface area contributed by atoms with E-state index in [0.717, 1.165) is 12.8 Å². The first kappa shape index (κ1) is 19.6. The number of hydrogen-bond acceptors (Lipinski definition) is 6. The van der Waals surface area contributed by atoms with Crippen LogP contribution in [0.3, 0.4) is 0 Å². The molecule has 0 aliphatic heterocycles. The molecule has 3 unspecified atom stereocenters. The summed E-state index contributed by atoms with van der Waals surface area (Å²) in [5, 5.41) is 9.37. The first-order chi connectivity index (χ1) is 7.22. The van der Waals surface area contributed by atoms with E-state index >= 15 is 0 Å². The SMILES string of the molecule is NC1CCCCC1N.O=C([O-])CP(=O)([O-])O.[Pt+2]. The van der Waals surface area contributed by atoms with Crippen LogP contribution >= 0.6 is 7.60 Å². The number of carboxylic acid groups (broad SMARTS) is 1. The van der Waals surface area contributed by atoms with Gasteiger partial charge in [-0.15, -0.1) is 0 Å². The van der Waals surface area contributed by atoms with Crippen LogP contribution in [0.25, 0.3) is 0 Å². The van der Waals surface area contributed by atoms with Crippen molar-refractivity contribution in [2.45, 2.75) is 37.8 Å². The molecule has 0 aromatic carbocycles. The minimum absolute atomic E-state index is 0. The fraction of sp³-hybridized carbons (Fsp3) is 0.875. The standard InChI is InChI=1S/C6H14N2.C2H5O5P.Pt/c7-5-3-1-2-4-6(5)8;3-2(4)1-8(5,6)7;/h5-6H,1-4,7-8H2;1H2,(H,3,4)(H2,5,6,7);/q;;+2/p-2. The second-order valence-electron chi connectivity index (χ2n) is 3.78. The van der Waals surface area contributed by atoms with E-state index in [1.807, 2.05) is 0 Å². The predicted octanol–water partition coefficient (Wildman–Crippen LogP) is -2.51. The first-order valence-electron chi connectivity index (χ1n) is 4.96. The second kappa shape index (κ2) is 9.20. The molecule has 0 spiro atoms. The maximum atomic E-state index is 9.60. The van der Waals surface area contributed by atoms with Crippen LogP contribution in [-0.2, 0) is 30.4 Å². The van der Waals surface area contributed by atoms with Gasteiger partial charge in [0.05, 0.1) is 6.16 Å². The summed E-state index contributed by atoms with van der Waals surface area (Å²) >= 11 is 0. The predicted molar refractivity (Wildman–Crippen MR) is 54.1 cm³/mol. The van der Waals surface area contributed by atoms with Crippen molar-refractivity contribution in [3.8, 4) is 0 Å². The molecule has 0 saturated heterocycles. The van der Waals surface area contributed by atoms with Gasteiger partial charge in [-0.25, -0.2) is 0 Å². The molecule has 0 heterocycles. The summed E-state index contributed by atoms with van der Waals surface area (Å²) in [6.45, 7) is 0. The molecule has 0 bridgehead atoms. The van der Waals surface area contributed by atoms with E-state index in [1.54, 1.807) is 0 Å². The summed E-state index contributed by atoms with van der Waals surface area (Å²) in [5.41, 5.74) is 11.3. The van der Waals surface area contributed by atoms with Crippen molar-refractivity contribution in [3.63, 3.8) is 0 Å². The van der Waals surface area contributed by atoms with Crippen molar-refractivity contribution in [1.29, 1.82) is 0 Å². The van der Waals surface area contributed by atoms with Crippen LogP contribution in [0.4, 0.5) is 0 Å². The molecule has 0 aromatic rings. The number of aliphatic carboxylic acids is 1. The Morgan fingerprint density at radius 1 is 1.29 bits per heavy atom. The van der Waals surface area contributed by atoms with Gasteiger partial charge in [-0.05, 0) is 12.8 Å². The Balaban J connectivity index is 0. The maximum Gasteiger partial charge on any atom is 2.00 e. The average Bonchev–Trinajstić information content (AvgIpc) is 2.06. The summed E-state index contributed by atoms with van der Waals surface area (Å²) < 4.78 is 9.60. The van der Waals surface area contributed by atoms with E-state index in [4.69, 9.17) is 16.4 Å². The topological polar surface area (TPSA) is 153 Å². The summed E-state index contributed by atoms with van der Waals surface area (Å²) in [6.07, 6.45) is 3.49. The fourth-order valence-electron chi connectivity index (χ4n) is 1.35. The normalized spacial score (nSPS) is 26.8. The third-order valence-corrected chi connectivity index (χ3v) is 2.86. The van der Waals surface area contributed by atoms with Crippen LogP contribution in [-0.4, -0.2) is 29.1 Å². The zero-order valence-corrected chi connectivity index (χ0v) is 12.4. The number of rotatable bonds is 2. The third-order valence-electron chi connectivity index (χ3n) is 2.20. The van der Waals surface area contributed by atoms with Crippen molar-refractivity contribution >= 4 is 13.6 Å². The van der Waals surface area contributed by atoms with Crippen molar-refractivity contribution in [2.75, 3.05) is 6.16 Å². The molecule has 0 amide bonds. The maximum absolute atomic E-state index is 9.60. The van der Waals surface area contributed by atoms with Gasteiger partial charge in [0.2, 0.25) is 0 Å². The summed E-state index contributed by atoms with van der Waals surface area (Å²) in [7, 11) is -4.63. The molecule has 3 atom stereocenters. The number of carbonyl (C=O) groups excluding carboxylic acids is 1. The molecule has 0 aromatic heterocycles. The Kier molecular flexibility index (Phi) is 10.6. The fourth-order valence-corrected chi connectivity index (χ4v) is 1.68. The summed E-state index contributed by atoms with van der Waals surface area (Å²) in [4.78, 5) is 26.7. The van der Waals surface area contributed by atoms with Crippen LogP contribution in [0.1, 0.15) is 25.7 Å². The van der Waals surface area contributed by atoms with Gasteiger partial charge in [-0.2, -0.15) is 0 Å². The molecule has 5 N–H and O–H groups in total. The van der Waals surface area contributed by atoms with Gasteiger partial charge >= 0.3 is 21.1 Å². The molecule has 104 valence electrons. The molecule has 9 heteroatoms. The van der Waals surface area contributed by atoms with Gasteiger partial charge in [0.15, 0.2) is 0 Å². The van der Waals surface area contributed by atoms with Crippen LogP contribution in [0, 0.1) is 0 Å². The average molecular weight is 447 g/mol. The smallest absolute Gasteiger partial charge is 0.778 e. The van der Waals surface area contributed by atoms with Gasteiger partial charge in [0.1, 0.15) is 7.60 Å². The first-order valence-corrected chi connectivity index (χ1v) is 6.72. The Labute approximate surface area is 114 Å². The molecule has 1 aliphatic rings.